The van der Waals surface area contributed by atoms with Gasteiger partial charge in [0.1, 0.15) is 16.4 Å². The standard InChI is InChI=1S/C22H20FNO3S/c1-4-14-5-7-16(8-6-14)20(25)24-21-19(22(26)27-3)18(13(2)28-21)15-9-11-17(23)12-10-15/h5-12H,4H2,1-3H3,(H,24,25). The molecule has 6 heteroatoms. The van der Waals surface area contributed by atoms with Crippen molar-refractivity contribution in [3.05, 3.63) is 75.9 Å². The van der Waals surface area contributed by atoms with E-state index in [0.717, 1.165) is 16.9 Å². The summed E-state index contributed by atoms with van der Waals surface area (Å²) < 4.78 is 18.2. The van der Waals surface area contributed by atoms with Crippen LogP contribution >= 0.6 is 11.3 Å². The topological polar surface area (TPSA) is 55.4 Å². The summed E-state index contributed by atoms with van der Waals surface area (Å²) in [5.74, 6) is -1.22. The molecule has 28 heavy (non-hydrogen) atoms. The van der Waals surface area contributed by atoms with Gasteiger partial charge in [-0.1, -0.05) is 31.2 Å². The van der Waals surface area contributed by atoms with Crippen LogP contribution in [0.25, 0.3) is 11.1 Å². The van der Waals surface area contributed by atoms with Gasteiger partial charge in [0.2, 0.25) is 0 Å². The molecule has 1 N–H and O–H groups in total. The SMILES string of the molecule is CCc1ccc(C(=O)Nc2sc(C)c(-c3ccc(F)cc3)c2C(=O)OC)cc1. The van der Waals surface area contributed by atoms with Crippen LogP contribution in [0.2, 0.25) is 0 Å². The Morgan fingerprint density at radius 1 is 1.07 bits per heavy atom. The molecule has 0 aliphatic rings. The van der Waals surface area contributed by atoms with Crippen LogP contribution in [0.3, 0.4) is 0 Å². The number of esters is 1. The Balaban J connectivity index is 2.00. The van der Waals surface area contributed by atoms with Crippen molar-refractivity contribution in [2.45, 2.75) is 20.3 Å². The maximum atomic E-state index is 13.3. The number of rotatable bonds is 5. The van der Waals surface area contributed by atoms with Crippen molar-refractivity contribution in [3.8, 4) is 11.1 Å². The molecular formula is C22H20FNO3S. The third-order valence-electron chi connectivity index (χ3n) is 4.46. The molecule has 1 aromatic heterocycles. The molecule has 0 bridgehead atoms. The summed E-state index contributed by atoms with van der Waals surface area (Å²) in [5.41, 5.74) is 3.23. The van der Waals surface area contributed by atoms with E-state index < -0.39 is 5.97 Å². The monoisotopic (exact) mass is 397 g/mol. The molecule has 0 unspecified atom stereocenters. The van der Waals surface area contributed by atoms with Crippen molar-refractivity contribution >= 4 is 28.2 Å². The molecule has 0 aliphatic carbocycles. The molecule has 0 saturated carbocycles. The van der Waals surface area contributed by atoms with Crippen LogP contribution in [-0.2, 0) is 11.2 Å². The highest BCUT2D eigenvalue weighted by Crippen LogP contribution is 2.40. The van der Waals surface area contributed by atoms with Crippen LogP contribution < -0.4 is 5.32 Å². The van der Waals surface area contributed by atoms with Crippen LogP contribution in [0.15, 0.2) is 48.5 Å². The first-order valence-corrected chi connectivity index (χ1v) is 9.64. The molecule has 3 aromatic rings. The first-order valence-electron chi connectivity index (χ1n) is 8.82. The van der Waals surface area contributed by atoms with E-state index in [9.17, 15) is 14.0 Å². The molecule has 0 saturated heterocycles. The zero-order valence-electron chi connectivity index (χ0n) is 15.8. The van der Waals surface area contributed by atoms with Gasteiger partial charge < -0.3 is 10.1 Å². The average Bonchev–Trinajstić information content (AvgIpc) is 3.03. The Hall–Kier alpha value is -2.99. The Kier molecular flexibility index (Phi) is 5.90. The summed E-state index contributed by atoms with van der Waals surface area (Å²) in [6.07, 6.45) is 0.888. The van der Waals surface area contributed by atoms with Gasteiger partial charge >= 0.3 is 5.97 Å². The predicted octanol–water partition coefficient (Wildman–Crippen LogP) is 5.46. The van der Waals surface area contributed by atoms with Gasteiger partial charge in [0.05, 0.1) is 7.11 Å². The van der Waals surface area contributed by atoms with Crippen molar-refractivity contribution in [1.82, 2.24) is 0 Å². The van der Waals surface area contributed by atoms with Gasteiger partial charge in [-0.2, -0.15) is 0 Å². The first-order chi connectivity index (χ1) is 13.4. The summed E-state index contributed by atoms with van der Waals surface area (Å²) in [4.78, 5) is 26.0. The number of hydrogen-bond acceptors (Lipinski definition) is 4. The molecule has 2 aromatic carbocycles. The van der Waals surface area contributed by atoms with Crippen molar-refractivity contribution < 1.29 is 18.7 Å². The maximum Gasteiger partial charge on any atom is 0.341 e. The van der Waals surface area contributed by atoms with Crippen molar-refractivity contribution in [2.24, 2.45) is 0 Å². The molecule has 0 atom stereocenters. The second-order valence-corrected chi connectivity index (χ2v) is 7.47. The summed E-state index contributed by atoms with van der Waals surface area (Å²) >= 11 is 1.29. The van der Waals surface area contributed by atoms with E-state index in [1.165, 1.54) is 30.6 Å². The number of hydrogen-bond donors (Lipinski definition) is 1. The lowest BCUT2D eigenvalue weighted by atomic mass is 10.0. The smallest absolute Gasteiger partial charge is 0.341 e. The molecule has 1 amide bonds. The van der Waals surface area contributed by atoms with Crippen LogP contribution in [0.4, 0.5) is 9.39 Å². The molecular weight excluding hydrogens is 377 g/mol. The Bertz CT molecular complexity index is 1010. The lowest BCUT2D eigenvalue weighted by Crippen LogP contribution is -2.14. The Morgan fingerprint density at radius 3 is 2.29 bits per heavy atom. The highest BCUT2D eigenvalue weighted by molar-refractivity contribution is 7.17. The number of halogens is 1. The Labute approximate surface area is 167 Å². The van der Waals surface area contributed by atoms with E-state index in [1.807, 2.05) is 26.0 Å². The van der Waals surface area contributed by atoms with E-state index in [0.29, 0.717) is 21.7 Å². The van der Waals surface area contributed by atoms with Crippen LogP contribution in [0, 0.1) is 12.7 Å². The van der Waals surface area contributed by atoms with Gasteiger partial charge in [0.25, 0.3) is 5.91 Å². The number of aryl methyl sites for hydroxylation is 2. The van der Waals surface area contributed by atoms with Gasteiger partial charge in [-0.05, 0) is 48.7 Å². The van der Waals surface area contributed by atoms with Gasteiger partial charge in [-0.3, -0.25) is 4.79 Å². The molecule has 0 spiro atoms. The normalized spacial score (nSPS) is 10.6. The third kappa shape index (κ3) is 3.97. The third-order valence-corrected chi connectivity index (χ3v) is 5.48. The van der Waals surface area contributed by atoms with Crippen molar-refractivity contribution in [2.75, 3.05) is 12.4 Å². The second-order valence-electron chi connectivity index (χ2n) is 6.24. The summed E-state index contributed by atoms with van der Waals surface area (Å²) in [7, 11) is 1.29. The number of nitrogens with one attached hydrogen (secondary N) is 1. The second kappa shape index (κ2) is 8.35. The van der Waals surface area contributed by atoms with E-state index in [1.54, 1.807) is 24.3 Å². The maximum absolute atomic E-state index is 13.3. The largest absolute Gasteiger partial charge is 0.465 e. The fourth-order valence-electron chi connectivity index (χ4n) is 2.96. The summed E-state index contributed by atoms with van der Waals surface area (Å²) in [6, 6.07) is 13.2. The number of carbonyl (C=O) groups is 2. The molecule has 1 heterocycles. The molecule has 0 aliphatic heterocycles. The predicted molar refractivity (Wildman–Crippen MR) is 110 cm³/mol. The number of amides is 1. The quantitative estimate of drug-likeness (QED) is 0.581. The van der Waals surface area contributed by atoms with Crippen molar-refractivity contribution in [1.29, 1.82) is 0 Å². The van der Waals surface area contributed by atoms with E-state index >= 15 is 0 Å². The number of benzene rings is 2. The van der Waals surface area contributed by atoms with Crippen LogP contribution in [0.1, 0.15) is 38.1 Å². The number of anilines is 1. The van der Waals surface area contributed by atoms with Gasteiger partial charge in [-0.25, -0.2) is 9.18 Å². The highest BCUT2D eigenvalue weighted by atomic mass is 32.1. The minimum Gasteiger partial charge on any atom is -0.465 e. The lowest BCUT2D eigenvalue weighted by molar-refractivity contribution is 0.0603. The number of ether oxygens (including phenoxy) is 1. The zero-order chi connectivity index (χ0) is 20.3. The van der Waals surface area contributed by atoms with Crippen LogP contribution in [-0.4, -0.2) is 19.0 Å². The number of methoxy groups -OCH3 is 1. The summed E-state index contributed by atoms with van der Waals surface area (Å²) in [5, 5.41) is 3.24. The molecule has 3 rings (SSSR count). The van der Waals surface area contributed by atoms with Gasteiger partial charge in [0, 0.05) is 16.0 Å². The minimum atomic E-state index is -0.555. The zero-order valence-corrected chi connectivity index (χ0v) is 16.7. The molecule has 0 radical (unpaired) electrons. The molecule has 4 nitrogen and oxygen atoms in total. The van der Waals surface area contributed by atoms with Gasteiger partial charge in [0.15, 0.2) is 0 Å². The number of thiophene rings is 1. The average molecular weight is 397 g/mol. The minimum absolute atomic E-state index is 0.273. The fraction of sp³-hybridized carbons (Fsp3) is 0.182. The van der Waals surface area contributed by atoms with E-state index in [4.69, 9.17) is 4.74 Å². The van der Waals surface area contributed by atoms with Crippen molar-refractivity contribution in [3.63, 3.8) is 0 Å². The summed E-state index contributed by atoms with van der Waals surface area (Å²) in [6.45, 7) is 3.89. The van der Waals surface area contributed by atoms with Crippen LogP contribution in [0.5, 0.6) is 0 Å². The van der Waals surface area contributed by atoms with Gasteiger partial charge in [-0.15, -0.1) is 11.3 Å². The highest BCUT2D eigenvalue weighted by Gasteiger charge is 2.25. The fourth-order valence-corrected chi connectivity index (χ4v) is 4.02. The first kappa shape index (κ1) is 19.8. The lowest BCUT2D eigenvalue weighted by Gasteiger charge is -2.08. The van der Waals surface area contributed by atoms with E-state index in [-0.39, 0.29) is 17.3 Å². The van der Waals surface area contributed by atoms with E-state index in [2.05, 4.69) is 5.32 Å². The molecule has 0 fully saturated rings. The molecule has 144 valence electrons. The number of carbonyl (C=O) groups excluding carboxylic acids is 2. The Morgan fingerprint density at radius 2 is 1.71 bits per heavy atom.